The third-order valence-corrected chi connectivity index (χ3v) is 5.81. The second-order valence-electron chi connectivity index (χ2n) is 7.07. The van der Waals surface area contributed by atoms with Gasteiger partial charge in [0, 0.05) is 37.5 Å². The molecule has 0 saturated carbocycles. The Morgan fingerprint density at radius 1 is 1.16 bits per heavy atom. The summed E-state index contributed by atoms with van der Waals surface area (Å²) in [6.45, 7) is 2.94. The van der Waals surface area contributed by atoms with Crippen LogP contribution in [-0.4, -0.2) is 42.9 Å². The van der Waals surface area contributed by atoms with Gasteiger partial charge < -0.3 is 14.4 Å². The van der Waals surface area contributed by atoms with Gasteiger partial charge >= 0.3 is 0 Å². The number of methoxy groups -OCH3 is 1. The topological polar surface area (TPSA) is 47.5 Å². The van der Waals surface area contributed by atoms with Crippen LogP contribution in [0.2, 0.25) is 0 Å². The number of benzene rings is 1. The molecule has 2 fully saturated rings. The predicted molar refractivity (Wildman–Crippen MR) is 97.0 cm³/mol. The van der Waals surface area contributed by atoms with E-state index < -0.39 is 0 Å². The largest absolute Gasteiger partial charge is 0.497 e. The van der Waals surface area contributed by atoms with Crippen LogP contribution in [0.4, 0.5) is 5.82 Å². The zero-order valence-electron chi connectivity index (χ0n) is 14.7. The molecular formula is C20H25N3O2. The van der Waals surface area contributed by atoms with Crippen LogP contribution in [0, 0.1) is 5.41 Å². The molecule has 25 heavy (non-hydrogen) atoms. The molecule has 2 aliphatic rings. The molecule has 1 unspecified atom stereocenters. The maximum Gasteiger partial charge on any atom is 0.147 e. The van der Waals surface area contributed by atoms with Crippen molar-refractivity contribution < 1.29 is 9.47 Å². The van der Waals surface area contributed by atoms with Crippen LogP contribution in [0.25, 0.3) is 0 Å². The summed E-state index contributed by atoms with van der Waals surface area (Å²) >= 11 is 0. The molecule has 2 aromatic rings. The highest BCUT2D eigenvalue weighted by Gasteiger charge is 2.45. The van der Waals surface area contributed by atoms with Crippen LogP contribution in [0.5, 0.6) is 5.75 Å². The summed E-state index contributed by atoms with van der Waals surface area (Å²) in [4.78, 5) is 11.0. The van der Waals surface area contributed by atoms with Gasteiger partial charge in [-0.05, 0) is 43.4 Å². The molecule has 2 saturated heterocycles. The Labute approximate surface area is 149 Å². The minimum absolute atomic E-state index is 0.304. The van der Waals surface area contributed by atoms with E-state index >= 15 is 0 Å². The molecular weight excluding hydrogens is 314 g/mol. The predicted octanol–water partition coefficient (Wildman–Crippen LogP) is 3.10. The number of nitrogens with zero attached hydrogens (tertiary/aromatic N) is 3. The fourth-order valence-electron chi connectivity index (χ4n) is 4.20. The third kappa shape index (κ3) is 3.33. The minimum atomic E-state index is 0.304. The summed E-state index contributed by atoms with van der Waals surface area (Å²) in [5.41, 5.74) is 1.63. The van der Waals surface area contributed by atoms with Crippen molar-refractivity contribution in [1.29, 1.82) is 0 Å². The van der Waals surface area contributed by atoms with E-state index in [1.165, 1.54) is 12.0 Å². The van der Waals surface area contributed by atoms with Gasteiger partial charge in [0.05, 0.1) is 19.4 Å². The van der Waals surface area contributed by atoms with Gasteiger partial charge in [-0.3, -0.25) is 4.98 Å². The van der Waals surface area contributed by atoms with Crippen molar-refractivity contribution in [2.24, 2.45) is 5.41 Å². The molecule has 3 heterocycles. The molecule has 5 heteroatoms. The number of rotatable bonds is 4. The Morgan fingerprint density at radius 3 is 2.64 bits per heavy atom. The number of hydrogen-bond acceptors (Lipinski definition) is 5. The molecule has 2 aliphatic heterocycles. The van der Waals surface area contributed by atoms with E-state index in [4.69, 9.17) is 9.47 Å². The standard InChI is InChI=1S/C20H25N3O2/c1-24-17-4-2-16(3-5-17)14-18-20(8-13-25-18)6-11-23(12-7-20)19-15-21-9-10-22-19/h2-5,9-10,15,18H,6-8,11-14H2,1H3. The van der Waals surface area contributed by atoms with Crippen molar-refractivity contribution in [2.75, 3.05) is 31.7 Å². The average molecular weight is 339 g/mol. The monoisotopic (exact) mass is 339 g/mol. The van der Waals surface area contributed by atoms with E-state index in [2.05, 4.69) is 27.0 Å². The smallest absolute Gasteiger partial charge is 0.147 e. The van der Waals surface area contributed by atoms with Gasteiger partial charge in [0.2, 0.25) is 0 Å². The van der Waals surface area contributed by atoms with Crippen molar-refractivity contribution in [1.82, 2.24) is 9.97 Å². The number of anilines is 1. The normalized spacial score (nSPS) is 22.3. The van der Waals surface area contributed by atoms with Crippen molar-refractivity contribution in [3.05, 3.63) is 48.4 Å². The minimum Gasteiger partial charge on any atom is -0.497 e. The van der Waals surface area contributed by atoms with E-state index in [1.807, 2.05) is 18.3 Å². The lowest BCUT2D eigenvalue weighted by Gasteiger charge is -2.42. The fourth-order valence-corrected chi connectivity index (χ4v) is 4.20. The lowest BCUT2D eigenvalue weighted by atomic mass is 9.71. The summed E-state index contributed by atoms with van der Waals surface area (Å²) in [7, 11) is 1.70. The highest BCUT2D eigenvalue weighted by Crippen LogP contribution is 2.45. The first-order chi connectivity index (χ1) is 12.3. The first-order valence-electron chi connectivity index (χ1n) is 9.05. The summed E-state index contributed by atoms with van der Waals surface area (Å²) in [5, 5.41) is 0. The van der Waals surface area contributed by atoms with E-state index in [1.54, 1.807) is 19.5 Å². The van der Waals surface area contributed by atoms with Gasteiger partial charge in [0.1, 0.15) is 11.6 Å². The van der Waals surface area contributed by atoms with E-state index in [0.29, 0.717) is 11.5 Å². The fraction of sp³-hybridized carbons (Fsp3) is 0.500. The maximum absolute atomic E-state index is 6.17. The van der Waals surface area contributed by atoms with Crippen LogP contribution >= 0.6 is 0 Å². The number of piperidine rings is 1. The highest BCUT2D eigenvalue weighted by molar-refractivity contribution is 5.36. The van der Waals surface area contributed by atoms with Gasteiger partial charge in [0.15, 0.2) is 0 Å². The highest BCUT2D eigenvalue weighted by atomic mass is 16.5. The molecule has 0 bridgehead atoms. The Hall–Kier alpha value is -2.14. The van der Waals surface area contributed by atoms with E-state index in [-0.39, 0.29) is 0 Å². The molecule has 0 N–H and O–H groups in total. The van der Waals surface area contributed by atoms with Crippen LogP contribution in [-0.2, 0) is 11.2 Å². The van der Waals surface area contributed by atoms with Gasteiger partial charge in [-0.25, -0.2) is 4.98 Å². The molecule has 132 valence electrons. The molecule has 0 aliphatic carbocycles. The van der Waals surface area contributed by atoms with Crippen LogP contribution in [0.1, 0.15) is 24.8 Å². The maximum atomic E-state index is 6.17. The van der Waals surface area contributed by atoms with Crippen molar-refractivity contribution in [3.63, 3.8) is 0 Å². The lowest BCUT2D eigenvalue weighted by molar-refractivity contribution is 0.0357. The van der Waals surface area contributed by atoms with Crippen molar-refractivity contribution in [3.8, 4) is 5.75 Å². The van der Waals surface area contributed by atoms with Gasteiger partial charge in [0.25, 0.3) is 0 Å². The van der Waals surface area contributed by atoms with E-state index in [0.717, 1.165) is 50.5 Å². The molecule has 1 atom stereocenters. The first-order valence-corrected chi connectivity index (χ1v) is 9.05. The van der Waals surface area contributed by atoms with Crippen molar-refractivity contribution >= 4 is 5.82 Å². The Kier molecular flexibility index (Phi) is 4.57. The Morgan fingerprint density at radius 2 is 1.96 bits per heavy atom. The third-order valence-electron chi connectivity index (χ3n) is 5.81. The Bertz CT molecular complexity index is 682. The first kappa shape index (κ1) is 16.3. The zero-order valence-corrected chi connectivity index (χ0v) is 14.7. The van der Waals surface area contributed by atoms with E-state index in [9.17, 15) is 0 Å². The molecule has 4 rings (SSSR count). The Balaban J connectivity index is 1.42. The second kappa shape index (κ2) is 7.00. The molecule has 5 nitrogen and oxygen atoms in total. The molecule has 1 aromatic heterocycles. The summed E-state index contributed by atoms with van der Waals surface area (Å²) in [6.07, 6.45) is 10.1. The van der Waals surface area contributed by atoms with Gasteiger partial charge in [-0.2, -0.15) is 0 Å². The lowest BCUT2D eigenvalue weighted by Crippen LogP contribution is -2.45. The second-order valence-corrected chi connectivity index (χ2v) is 7.07. The summed E-state index contributed by atoms with van der Waals surface area (Å²) in [5.74, 6) is 1.89. The summed E-state index contributed by atoms with van der Waals surface area (Å²) in [6, 6.07) is 8.38. The average Bonchev–Trinajstić information content (AvgIpc) is 3.05. The molecule has 0 amide bonds. The van der Waals surface area contributed by atoms with Crippen LogP contribution in [0.3, 0.4) is 0 Å². The molecule has 0 radical (unpaired) electrons. The number of aromatic nitrogens is 2. The SMILES string of the molecule is COc1ccc(CC2OCCC23CCN(c2cnccn2)CC3)cc1. The summed E-state index contributed by atoms with van der Waals surface area (Å²) < 4.78 is 11.4. The number of hydrogen-bond donors (Lipinski definition) is 0. The molecule has 1 spiro atoms. The van der Waals surface area contributed by atoms with Crippen molar-refractivity contribution in [2.45, 2.75) is 31.8 Å². The van der Waals surface area contributed by atoms with Gasteiger partial charge in [-0.1, -0.05) is 12.1 Å². The van der Waals surface area contributed by atoms with Gasteiger partial charge in [-0.15, -0.1) is 0 Å². The van der Waals surface area contributed by atoms with Crippen LogP contribution in [0.15, 0.2) is 42.9 Å². The quantitative estimate of drug-likeness (QED) is 0.856. The number of ether oxygens (including phenoxy) is 2. The van der Waals surface area contributed by atoms with Crippen LogP contribution < -0.4 is 9.64 Å². The molecule has 1 aromatic carbocycles. The zero-order chi connectivity index (χ0) is 17.1.